The summed E-state index contributed by atoms with van der Waals surface area (Å²) >= 11 is 0. The maximum absolute atomic E-state index is 5.93. The fourth-order valence-electron chi connectivity index (χ4n) is 1.97. The topological polar surface area (TPSA) is 81.8 Å². The van der Waals surface area contributed by atoms with Crippen molar-refractivity contribution in [2.45, 2.75) is 13.5 Å². The van der Waals surface area contributed by atoms with E-state index >= 15 is 0 Å². The van der Waals surface area contributed by atoms with Gasteiger partial charge in [-0.25, -0.2) is 4.99 Å². The van der Waals surface area contributed by atoms with Crippen molar-refractivity contribution in [3.63, 3.8) is 0 Å². The number of hydrogen-bond donors (Lipinski definition) is 2. The minimum absolute atomic E-state index is 0. The van der Waals surface area contributed by atoms with Crippen LogP contribution in [0.3, 0.4) is 0 Å². The van der Waals surface area contributed by atoms with Crippen molar-refractivity contribution in [2.24, 2.45) is 10.7 Å². The van der Waals surface area contributed by atoms with Crippen LogP contribution < -0.4 is 20.5 Å². The summed E-state index contributed by atoms with van der Waals surface area (Å²) in [7, 11) is 3.20. The smallest absolute Gasteiger partial charge is 0.193 e. The molecule has 0 bridgehead atoms. The largest absolute Gasteiger partial charge is 0.497 e. The van der Waals surface area contributed by atoms with E-state index in [1.807, 2.05) is 19.1 Å². The molecule has 3 N–H and O–H groups in total. The molecule has 0 spiro atoms. The van der Waals surface area contributed by atoms with Crippen molar-refractivity contribution >= 4 is 35.6 Å². The third-order valence-electron chi connectivity index (χ3n) is 3.03. The molecule has 124 valence electrons. The first-order chi connectivity index (χ1) is 10.6. The Kier molecular flexibility index (Phi) is 7.60. The van der Waals surface area contributed by atoms with Crippen molar-refractivity contribution < 1.29 is 9.47 Å². The molecule has 0 aliphatic heterocycles. The Labute approximate surface area is 153 Å². The van der Waals surface area contributed by atoms with Gasteiger partial charge in [-0.05, 0) is 30.2 Å². The van der Waals surface area contributed by atoms with Crippen LogP contribution in [0.5, 0.6) is 11.5 Å². The molecule has 0 aliphatic carbocycles. The predicted molar refractivity (Wildman–Crippen MR) is 103 cm³/mol. The fourth-order valence-corrected chi connectivity index (χ4v) is 1.97. The number of benzene rings is 1. The number of nitrogens with zero attached hydrogens (tertiary/aromatic N) is 2. The number of aliphatic imine (C=N–C) groups is 1. The zero-order valence-electron chi connectivity index (χ0n) is 13.4. The highest BCUT2D eigenvalue weighted by molar-refractivity contribution is 14.0. The van der Waals surface area contributed by atoms with E-state index in [1.54, 1.807) is 38.7 Å². The Morgan fingerprint density at radius 1 is 1.22 bits per heavy atom. The van der Waals surface area contributed by atoms with Gasteiger partial charge in [0.25, 0.3) is 0 Å². The average Bonchev–Trinajstić information content (AvgIpc) is 2.53. The lowest BCUT2D eigenvalue weighted by atomic mass is 10.2. The van der Waals surface area contributed by atoms with Crippen LogP contribution in [-0.2, 0) is 6.54 Å². The predicted octanol–water partition coefficient (Wildman–Crippen LogP) is 2.95. The first-order valence-electron chi connectivity index (χ1n) is 6.82. The number of pyridine rings is 1. The number of ether oxygens (including phenoxy) is 2. The summed E-state index contributed by atoms with van der Waals surface area (Å²) in [6, 6.07) is 7.44. The number of aromatic nitrogens is 1. The van der Waals surface area contributed by atoms with Gasteiger partial charge in [-0.2, -0.15) is 0 Å². The number of anilines is 1. The van der Waals surface area contributed by atoms with Crippen LogP contribution in [-0.4, -0.2) is 25.2 Å². The molecule has 23 heavy (non-hydrogen) atoms. The standard InChI is InChI=1S/C16H20N4O2.HI/c1-11-6-12(9-18-8-11)10-19-16(17)20-14-7-13(21-2)4-5-15(14)22-3;/h4-9H,10H2,1-3H3,(H3,17,19,20);1H. The molecule has 0 atom stereocenters. The maximum Gasteiger partial charge on any atom is 0.193 e. The molecule has 0 fully saturated rings. The van der Waals surface area contributed by atoms with Crippen molar-refractivity contribution in [1.82, 2.24) is 4.98 Å². The van der Waals surface area contributed by atoms with Gasteiger partial charge in [-0.3, -0.25) is 4.98 Å². The monoisotopic (exact) mass is 428 g/mol. The molecule has 2 aromatic rings. The first kappa shape index (κ1) is 19.0. The van der Waals surface area contributed by atoms with E-state index in [2.05, 4.69) is 15.3 Å². The summed E-state index contributed by atoms with van der Waals surface area (Å²) in [5.74, 6) is 1.67. The molecule has 7 heteroatoms. The van der Waals surface area contributed by atoms with Crippen molar-refractivity contribution in [1.29, 1.82) is 0 Å². The van der Waals surface area contributed by atoms with Gasteiger partial charge >= 0.3 is 0 Å². The van der Waals surface area contributed by atoms with E-state index in [9.17, 15) is 0 Å². The lowest BCUT2D eigenvalue weighted by Gasteiger charge is -2.12. The lowest BCUT2D eigenvalue weighted by Crippen LogP contribution is -2.23. The van der Waals surface area contributed by atoms with Crippen LogP contribution in [0.25, 0.3) is 0 Å². The second kappa shape index (κ2) is 9.19. The summed E-state index contributed by atoms with van der Waals surface area (Å²) in [5.41, 5.74) is 8.72. The molecule has 1 aromatic heterocycles. The zero-order valence-corrected chi connectivity index (χ0v) is 15.7. The second-order valence-corrected chi connectivity index (χ2v) is 4.76. The minimum Gasteiger partial charge on any atom is -0.497 e. The number of aryl methyl sites for hydroxylation is 1. The summed E-state index contributed by atoms with van der Waals surface area (Å²) < 4.78 is 10.5. The number of guanidine groups is 1. The summed E-state index contributed by atoms with van der Waals surface area (Å²) in [4.78, 5) is 8.44. The van der Waals surface area contributed by atoms with E-state index in [4.69, 9.17) is 15.2 Å². The molecule has 0 radical (unpaired) electrons. The molecule has 0 saturated heterocycles. The number of methoxy groups -OCH3 is 2. The highest BCUT2D eigenvalue weighted by atomic mass is 127. The second-order valence-electron chi connectivity index (χ2n) is 4.76. The van der Waals surface area contributed by atoms with Gasteiger partial charge < -0.3 is 20.5 Å². The first-order valence-corrected chi connectivity index (χ1v) is 6.82. The molecule has 1 heterocycles. The third-order valence-corrected chi connectivity index (χ3v) is 3.03. The molecule has 1 aromatic carbocycles. The Balaban J connectivity index is 0.00000264. The van der Waals surface area contributed by atoms with Crippen LogP contribution in [0.4, 0.5) is 5.69 Å². The molecule has 0 saturated carbocycles. The molecule has 2 rings (SSSR count). The van der Waals surface area contributed by atoms with Crippen LogP contribution in [0.2, 0.25) is 0 Å². The van der Waals surface area contributed by atoms with E-state index in [0.717, 1.165) is 11.1 Å². The lowest BCUT2D eigenvalue weighted by molar-refractivity contribution is 0.405. The van der Waals surface area contributed by atoms with Crippen LogP contribution >= 0.6 is 24.0 Å². The van der Waals surface area contributed by atoms with Crippen molar-refractivity contribution in [3.8, 4) is 11.5 Å². The highest BCUT2D eigenvalue weighted by Crippen LogP contribution is 2.28. The Bertz CT molecular complexity index is 677. The normalized spacial score (nSPS) is 10.7. The van der Waals surface area contributed by atoms with Gasteiger partial charge in [0.1, 0.15) is 11.5 Å². The fraction of sp³-hybridized carbons (Fsp3) is 0.250. The Morgan fingerprint density at radius 3 is 2.65 bits per heavy atom. The van der Waals surface area contributed by atoms with Gasteiger partial charge in [0.05, 0.1) is 26.5 Å². The van der Waals surface area contributed by atoms with Crippen molar-refractivity contribution in [2.75, 3.05) is 19.5 Å². The summed E-state index contributed by atoms with van der Waals surface area (Å²) in [6.45, 7) is 2.45. The summed E-state index contributed by atoms with van der Waals surface area (Å²) in [6.07, 6.45) is 3.58. The van der Waals surface area contributed by atoms with E-state index < -0.39 is 0 Å². The van der Waals surface area contributed by atoms with Crippen molar-refractivity contribution in [3.05, 3.63) is 47.8 Å². The molecule has 0 unspecified atom stereocenters. The van der Waals surface area contributed by atoms with Crippen LogP contribution in [0, 0.1) is 6.92 Å². The van der Waals surface area contributed by atoms with Crippen LogP contribution in [0.15, 0.2) is 41.7 Å². The third kappa shape index (κ3) is 5.59. The van der Waals surface area contributed by atoms with E-state index in [1.165, 1.54) is 0 Å². The molecular formula is C16H21IN4O2. The molecular weight excluding hydrogens is 407 g/mol. The summed E-state index contributed by atoms with van der Waals surface area (Å²) in [5, 5.41) is 3.02. The van der Waals surface area contributed by atoms with E-state index in [0.29, 0.717) is 29.7 Å². The SMILES string of the molecule is COc1ccc(OC)c(NC(N)=NCc2cncc(C)c2)c1.I. The maximum atomic E-state index is 5.93. The van der Waals surface area contributed by atoms with E-state index in [-0.39, 0.29) is 24.0 Å². The Hall–Kier alpha value is -2.03. The number of nitrogens with two attached hydrogens (primary N) is 1. The number of halogens is 1. The van der Waals surface area contributed by atoms with Gasteiger partial charge in [-0.1, -0.05) is 6.07 Å². The molecule has 6 nitrogen and oxygen atoms in total. The van der Waals surface area contributed by atoms with Gasteiger partial charge in [0.2, 0.25) is 0 Å². The van der Waals surface area contributed by atoms with Gasteiger partial charge in [0.15, 0.2) is 5.96 Å². The number of nitrogens with one attached hydrogen (secondary N) is 1. The quantitative estimate of drug-likeness (QED) is 0.435. The van der Waals surface area contributed by atoms with Gasteiger partial charge in [0, 0.05) is 18.5 Å². The zero-order chi connectivity index (χ0) is 15.9. The minimum atomic E-state index is 0. The Morgan fingerprint density at radius 2 is 2.00 bits per heavy atom. The highest BCUT2D eigenvalue weighted by Gasteiger charge is 2.06. The number of hydrogen-bond acceptors (Lipinski definition) is 4. The molecule has 0 amide bonds. The van der Waals surface area contributed by atoms with Crippen LogP contribution in [0.1, 0.15) is 11.1 Å². The molecule has 0 aliphatic rings. The average molecular weight is 428 g/mol. The number of rotatable bonds is 5. The van der Waals surface area contributed by atoms with Gasteiger partial charge in [-0.15, -0.1) is 24.0 Å².